The molecule has 1 saturated carbocycles. The fourth-order valence-electron chi connectivity index (χ4n) is 3.04. The van der Waals surface area contributed by atoms with Gasteiger partial charge in [-0.15, -0.1) is 0 Å². The van der Waals surface area contributed by atoms with Crippen molar-refractivity contribution < 1.29 is 14.4 Å². The highest BCUT2D eigenvalue weighted by molar-refractivity contribution is 6.04. The van der Waals surface area contributed by atoms with Gasteiger partial charge in [-0.1, -0.05) is 32.1 Å². The predicted octanol–water partition coefficient (Wildman–Crippen LogP) is 1.43. The molecule has 94 valence electrons. The lowest BCUT2D eigenvalue weighted by atomic mass is 9.78. The second kappa shape index (κ2) is 5.43. The van der Waals surface area contributed by atoms with Crippen LogP contribution in [0.25, 0.3) is 0 Å². The minimum atomic E-state index is -0.415. The van der Waals surface area contributed by atoms with Crippen LogP contribution < -0.4 is 5.32 Å². The number of hydrogen-bond donors (Lipinski definition) is 1. The van der Waals surface area contributed by atoms with Crippen LogP contribution >= 0.6 is 0 Å². The van der Waals surface area contributed by atoms with Crippen molar-refractivity contribution in [1.29, 1.82) is 0 Å². The van der Waals surface area contributed by atoms with Crippen molar-refractivity contribution in [2.45, 2.75) is 44.9 Å². The van der Waals surface area contributed by atoms with Gasteiger partial charge in [-0.25, -0.2) is 0 Å². The van der Waals surface area contributed by atoms with Crippen molar-refractivity contribution in [3.05, 3.63) is 0 Å². The molecule has 2 rings (SSSR count). The molecule has 1 N–H and O–H groups in total. The zero-order valence-corrected chi connectivity index (χ0v) is 9.98. The molecule has 1 heterocycles. The number of nitrogens with one attached hydrogen (secondary N) is 1. The van der Waals surface area contributed by atoms with Gasteiger partial charge in [-0.3, -0.25) is 14.9 Å². The highest BCUT2D eigenvalue weighted by Crippen LogP contribution is 2.32. The number of amides is 2. The van der Waals surface area contributed by atoms with Crippen molar-refractivity contribution in [3.8, 4) is 0 Å². The average molecular weight is 237 g/mol. The lowest BCUT2D eigenvalue weighted by Gasteiger charge is -2.25. The van der Waals surface area contributed by atoms with Crippen LogP contribution in [0.2, 0.25) is 0 Å². The van der Waals surface area contributed by atoms with Crippen LogP contribution in [0.15, 0.2) is 0 Å². The van der Waals surface area contributed by atoms with E-state index in [2.05, 4.69) is 5.32 Å². The van der Waals surface area contributed by atoms with Crippen LogP contribution in [0, 0.1) is 17.8 Å². The molecule has 1 aliphatic heterocycles. The Morgan fingerprint density at radius 1 is 1.24 bits per heavy atom. The van der Waals surface area contributed by atoms with E-state index in [0.29, 0.717) is 5.92 Å². The van der Waals surface area contributed by atoms with E-state index >= 15 is 0 Å². The highest BCUT2D eigenvalue weighted by Gasteiger charge is 2.37. The molecule has 1 saturated heterocycles. The topological polar surface area (TPSA) is 63.2 Å². The first kappa shape index (κ1) is 12.3. The van der Waals surface area contributed by atoms with E-state index < -0.39 is 5.92 Å². The molecule has 1 aliphatic carbocycles. The molecular weight excluding hydrogens is 218 g/mol. The Labute approximate surface area is 101 Å². The van der Waals surface area contributed by atoms with Crippen molar-refractivity contribution in [1.82, 2.24) is 5.32 Å². The van der Waals surface area contributed by atoms with E-state index in [0.717, 1.165) is 25.5 Å². The van der Waals surface area contributed by atoms with Crippen LogP contribution in [0.5, 0.6) is 0 Å². The number of hydrogen-bond acceptors (Lipinski definition) is 3. The molecule has 4 nitrogen and oxygen atoms in total. The van der Waals surface area contributed by atoms with Gasteiger partial charge in [0, 0.05) is 12.3 Å². The zero-order chi connectivity index (χ0) is 12.3. The normalized spacial score (nSPS) is 27.9. The molecule has 2 atom stereocenters. The van der Waals surface area contributed by atoms with Gasteiger partial charge < -0.3 is 4.79 Å². The monoisotopic (exact) mass is 237 g/mol. The van der Waals surface area contributed by atoms with E-state index in [9.17, 15) is 14.4 Å². The molecule has 4 heteroatoms. The van der Waals surface area contributed by atoms with Gasteiger partial charge in [-0.2, -0.15) is 0 Å². The second-order valence-electron chi connectivity index (χ2n) is 5.26. The second-order valence-corrected chi connectivity index (χ2v) is 5.26. The molecule has 2 fully saturated rings. The van der Waals surface area contributed by atoms with Crippen molar-refractivity contribution in [2.24, 2.45) is 17.8 Å². The van der Waals surface area contributed by atoms with Crippen molar-refractivity contribution >= 4 is 18.1 Å². The molecule has 0 spiro atoms. The Morgan fingerprint density at radius 3 is 2.47 bits per heavy atom. The summed E-state index contributed by atoms with van der Waals surface area (Å²) in [4.78, 5) is 33.8. The van der Waals surface area contributed by atoms with E-state index in [1.807, 2.05) is 0 Å². The Kier molecular flexibility index (Phi) is 3.92. The Hall–Kier alpha value is -1.19. The zero-order valence-electron chi connectivity index (χ0n) is 9.98. The number of imide groups is 1. The smallest absolute Gasteiger partial charge is 0.230 e. The van der Waals surface area contributed by atoms with Gasteiger partial charge in [0.05, 0.1) is 5.92 Å². The van der Waals surface area contributed by atoms with Crippen LogP contribution in [-0.4, -0.2) is 18.1 Å². The first-order valence-electron chi connectivity index (χ1n) is 6.49. The van der Waals surface area contributed by atoms with Gasteiger partial charge in [0.25, 0.3) is 0 Å². The maximum Gasteiger partial charge on any atom is 0.230 e. The molecule has 1 unspecified atom stereocenters. The summed E-state index contributed by atoms with van der Waals surface area (Å²) in [5.74, 6) is -0.632. The van der Waals surface area contributed by atoms with Crippen LogP contribution in [-0.2, 0) is 14.4 Å². The summed E-state index contributed by atoms with van der Waals surface area (Å²) in [6, 6.07) is 0. The lowest BCUT2D eigenvalue weighted by molar-refractivity contribution is -0.128. The number of carbonyl (C=O) groups is 3. The molecule has 0 aromatic carbocycles. The lowest BCUT2D eigenvalue weighted by Crippen LogP contribution is -2.28. The van der Waals surface area contributed by atoms with Crippen LogP contribution in [0.1, 0.15) is 44.9 Å². The quantitative estimate of drug-likeness (QED) is 0.594. The summed E-state index contributed by atoms with van der Waals surface area (Å²) < 4.78 is 0. The van der Waals surface area contributed by atoms with Gasteiger partial charge in [0.15, 0.2) is 0 Å². The fraction of sp³-hybridized carbons (Fsp3) is 0.769. The standard InChI is InChI=1S/C13H19NO3/c15-8-10(6-9-4-2-1-3-5-9)11-7-12(16)14-13(11)17/h8-11H,1-7H2,(H,14,16,17)/t10-,11?/m1/s1. The molecule has 0 bridgehead atoms. The molecule has 2 aliphatic rings. The average Bonchev–Trinajstić information content (AvgIpc) is 2.67. The van der Waals surface area contributed by atoms with Crippen molar-refractivity contribution in [2.75, 3.05) is 0 Å². The highest BCUT2D eigenvalue weighted by atomic mass is 16.2. The predicted molar refractivity (Wildman–Crippen MR) is 62.0 cm³/mol. The number of rotatable bonds is 4. The first-order valence-corrected chi connectivity index (χ1v) is 6.49. The third-order valence-corrected chi connectivity index (χ3v) is 4.03. The van der Waals surface area contributed by atoms with Gasteiger partial charge in [-0.05, 0) is 12.3 Å². The summed E-state index contributed by atoms with van der Waals surface area (Å²) in [5.41, 5.74) is 0. The molecular formula is C13H19NO3. The summed E-state index contributed by atoms with van der Waals surface area (Å²) in [6.07, 6.45) is 7.89. The molecule has 0 aromatic heterocycles. The van der Waals surface area contributed by atoms with Crippen LogP contribution in [0.3, 0.4) is 0 Å². The van der Waals surface area contributed by atoms with Gasteiger partial charge >= 0.3 is 0 Å². The van der Waals surface area contributed by atoms with E-state index in [-0.39, 0.29) is 24.2 Å². The molecule has 0 aromatic rings. The van der Waals surface area contributed by atoms with E-state index in [1.54, 1.807) is 0 Å². The minimum absolute atomic E-state index is 0.189. The van der Waals surface area contributed by atoms with Crippen LogP contribution in [0.4, 0.5) is 0 Å². The maximum absolute atomic E-state index is 11.5. The summed E-state index contributed by atoms with van der Waals surface area (Å²) in [6.45, 7) is 0. The van der Waals surface area contributed by atoms with Gasteiger partial charge in [0.2, 0.25) is 11.8 Å². The van der Waals surface area contributed by atoms with Crippen molar-refractivity contribution in [3.63, 3.8) is 0 Å². The number of carbonyl (C=O) groups excluding carboxylic acids is 3. The molecule has 0 radical (unpaired) electrons. The SMILES string of the molecule is O=C[C@@H](CC1CCCCC1)C1CC(=O)NC1=O. The van der Waals surface area contributed by atoms with Gasteiger partial charge in [0.1, 0.15) is 6.29 Å². The maximum atomic E-state index is 11.5. The molecule has 17 heavy (non-hydrogen) atoms. The molecule has 2 amide bonds. The fourth-order valence-corrected chi connectivity index (χ4v) is 3.04. The number of aldehydes is 1. The van der Waals surface area contributed by atoms with E-state index in [4.69, 9.17) is 0 Å². The Bertz CT molecular complexity index is 321. The first-order chi connectivity index (χ1) is 8.20. The summed E-state index contributed by atoms with van der Waals surface area (Å²) >= 11 is 0. The summed E-state index contributed by atoms with van der Waals surface area (Å²) in [7, 11) is 0. The Balaban J connectivity index is 1.93. The third kappa shape index (κ3) is 2.93. The summed E-state index contributed by atoms with van der Waals surface area (Å²) in [5, 5.41) is 2.28. The minimum Gasteiger partial charge on any atom is -0.303 e. The Morgan fingerprint density at radius 2 is 1.94 bits per heavy atom. The third-order valence-electron chi connectivity index (χ3n) is 4.03. The van der Waals surface area contributed by atoms with E-state index in [1.165, 1.54) is 19.3 Å². The largest absolute Gasteiger partial charge is 0.303 e.